The second-order valence-corrected chi connectivity index (χ2v) is 7.04. The fourth-order valence-electron chi connectivity index (χ4n) is 2.55. The van der Waals surface area contributed by atoms with Crippen LogP contribution >= 0.6 is 0 Å². The van der Waals surface area contributed by atoms with Crippen LogP contribution in [0.5, 0.6) is 0 Å². The van der Waals surface area contributed by atoms with E-state index in [0.717, 1.165) is 22.6 Å². The summed E-state index contributed by atoms with van der Waals surface area (Å²) in [6.45, 7) is 0. The molecule has 0 heterocycles. The van der Waals surface area contributed by atoms with Gasteiger partial charge in [0, 0.05) is 5.92 Å². The highest BCUT2D eigenvalue weighted by molar-refractivity contribution is 7.89. The van der Waals surface area contributed by atoms with Gasteiger partial charge in [-0.25, -0.2) is 8.42 Å². The zero-order chi connectivity index (χ0) is 14.3. The molecule has 104 valence electrons. The molecule has 3 rings (SSSR count). The molecule has 1 N–H and O–H groups in total. The Labute approximate surface area is 117 Å². The number of nitrogens with one attached hydrogen (secondary N) is 1. The van der Waals surface area contributed by atoms with E-state index in [4.69, 9.17) is 0 Å². The second-order valence-electron chi connectivity index (χ2n) is 5.29. The molecular formula is C15H15NO3S. The molecule has 0 radical (unpaired) electrons. The Morgan fingerprint density at radius 3 is 2.55 bits per heavy atom. The van der Waals surface area contributed by atoms with Crippen LogP contribution in [0.3, 0.4) is 0 Å². The van der Waals surface area contributed by atoms with Crippen molar-refractivity contribution in [1.82, 2.24) is 4.72 Å². The van der Waals surface area contributed by atoms with Crippen molar-refractivity contribution in [3.63, 3.8) is 0 Å². The summed E-state index contributed by atoms with van der Waals surface area (Å²) in [5.41, 5.74) is 1.09. The fourth-order valence-corrected chi connectivity index (χ4v) is 3.07. The first-order valence-electron chi connectivity index (χ1n) is 6.44. The fraction of sp³-hybridized carbons (Fsp3) is 0.267. The summed E-state index contributed by atoms with van der Waals surface area (Å²) in [6.07, 6.45) is 1.71. The lowest BCUT2D eigenvalue weighted by Gasteiger charge is -2.04. The molecule has 0 aliphatic heterocycles. The molecule has 5 heteroatoms. The van der Waals surface area contributed by atoms with Gasteiger partial charge in [0.25, 0.3) is 0 Å². The van der Waals surface area contributed by atoms with E-state index in [1.165, 1.54) is 0 Å². The van der Waals surface area contributed by atoms with Crippen LogP contribution in [-0.4, -0.2) is 20.6 Å². The smallest absolute Gasteiger partial charge is 0.237 e. The van der Waals surface area contributed by atoms with Crippen molar-refractivity contribution in [3.8, 4) is 0 Å². The van der Waals surface area contributed by atoms with E-state index in [2.05, 4.69) is 10.8 Å². The standard InChI is InChI=1S/C15H15NO3S/c1-20(18,19)16-15(17)14-9-13(14)12-7-6-10-4-2-3-5-11(10)8-12/h2-8,13-14H,9H2,1H3,(H,16,17)/t13-,14-/m0/s1. The van der Waals surface area contributed by atoms with Crippen molar-refractivity contribution < 1.29 is 13.2 Å². The average molecular weight is 289 g/mol. The minimum atomic E-state index is -3.47. The van der Waals surface area contributed by atoms with Gasteiger partial charge in [-0.2, -0.15) is 0 Å². The molecule has 4 nitrogen and oxygen atoms in total. The maximum atomic E-state index is 11.8. The Bertz CT molecular complexity index is 783. The molecule has 0 spiro atoms. The SMILES string of the molecule is CS(=O)(=O)NC(=O)[C@H]1C[C@H]1c1ccc2ccccc2c1. The molecule has 1 aliphatic rings. The molecule has 20 heavy (non-hydrogen) atoms. The number of hydrogen-bond donors (Lipinski definition) is 1. The highest BCUT2D eigenvalue weighted by atomic mass is 32.2. The molecule has 1 saturated carbocycles. The number of carbonyl (C=O) groups is 1. The minimum Gasteiger partial charge on any atom is -0.274 e. The number of rotatable bonds is 3. The van der Waals surface area contributed by atoms with Crippen LogP contribution in [0.25, 0.3) is 10.8 Å². The third kappa shape index (κ3) is 2.67. The lowest BCUT2D eigenvalue weighted by atomic mass is 10.0. The van der Waals surface area contributed by atoms with E-state index in [1.807, 2.05) is 36.4 Å². The molecule has 0 unspecified atom stereocenters. The van der Waals surface area contributed by atoms with Gasteiger partial charge >= 0.3 is 0 Å². The Morgan fingerprint density at radius 2 is 1.85 bits per heavy atom. The van der Waals surface area contributed by atoms with E-state index in [1.54, 1.807) is 0 Å². The molecule has 0 aromatic heterocycles. The molecule has 2 aromatic carbocycles. The summed E-state index contributed by atoms with van der Waals surface area (Å²) >= 11 is 0. The average Bonchev–Trinajstić information content (AvgIpc) is 3.16. The van der Waals surface area contributed by atoms with Gasteiger partial charge in [-0.3, -0.25) is 9.52 Å². The monoisotopic (exact) mass is 289 g/mol. The van der Waals surface area contributed by atoms with Crippen LogP contribution in [0.1, 0.15) is 17.9 Å². The second kappa shape index (κ2) is 4.59. The molecular weight excluding hydrogens is 274 g/mol. The molecule has 2 atom stereocenters. The Balaban J connectivity index is 1.79. The summed E-state index contributed by atoms with van der Waals surface area (Å²) in [5.74, 6) is -0.502. The first-order valence-corrected chi connectivity index (χ1v) is 8.33. The maximum Gasteiger partial charge on any atom is 0.237 e. The van der Waals surface area contributed by atoms with E-state index in [-0.39, 0.29) is 11.8 Å². The van der Waals surface area contributed by atoms with Crippen LogP contribution in [0, 0.1) is 5.92 Å². The number of sulfonamides is 1. The van der Waals surface area contributed by atoms with Gasteiger partial charge in [0.2, 0.25) is 15.9 Å². The van der Waals surface area contributed by atoms with Crippen LogP contribution in [0.15, 0.2) is 42.5 Å². The van der Waals surface area contributed by atoms with E-state index < -0.39 is 15.9 Å². The van der Waals surface area contributed by atoms with E-state index in [9.17, 15) is 13.2 Å². The van der Waals surface area contributed by atoms with Crippen LogP contribution in [0.2, 0.25) is 0 Å². The molecule has 0 bridgehead atoms. The van der Waals surface area contributed by atoms with Crippen molar-refractivity contribution >= 4 is 26.7 Å². The van der Waals surface area contributed by atoms with Gasteiger partial charge in [0.05, 0.1) is 6.26 Å². The Kier molecular flexibility index (Phi) is 3.01. The van der Waals surface area contributed by atoms with Gasteiger partial charge in [-0.05, 0) is 28.7 Å². The number of carbonyl (C=O) groups excluding carboxylic acids is 1. The zero-order valence-electron chi connectivity index (χ0n) is 11.0. The zero-order valence-corrected chi connectivity index (χ0v) is 11.9. The summed E-state index contributed by atoms with van der Waals surface area (Å²) in [4.78, 5) is 11.8. The summed E-state index contributed by atoms with van der Waals surface area (Å²) in [7, 11) is -3.47. The lowest BCUT2D eigenvalue weighted by Crippen LogP contribution is -2.30. The Morgan fingerprint density at radius 1 is 1.15 bits per heavy atom. The summed E-state index contributed by atoms with van der Waals surface area (Å²) in [5, 5.41) is 2.30. The first-order chi connectivity index (χ1) is 9.44. The molecule has 0 saturated heterocycles. The van der Waals surface area contributed by atoms with Gasteiger partial charge in [0.1, 0.15) is 0 Å². The number of hydrogen-bond acceptors (Lipinski definition) is 3. The lowest BCUT2D eigenvalue weighted by molar-refractivity contribution is -0.120. The van der Waals surface area contributed by atoms with Crippen molar-refractivity contribution in [1.29, 1.82) is 0 Å². The van der Waals surface area contributed by atoms with Gasteiger partial charge in [0.15, 0.2) is 0 Å². The largest absolute Gasteiger partial charge is 0.274 e. The topological polar surface area (TPSA) is 63.2 Å². The maximum absolute atomic E-state index is 11.8. The summed E-state index contributed by atoms with van der Waals surface area (Å²) in [6, 6.07) is 14.2. The predicted molar refractivity (Wildman–Crippen MR) is 77.8 cm³/mol. The molecule has 1 amide bonds. The van der Waals surface area contributed by atoms with Crippen LogP contribution < -0.4 is 4.72 Å². The van der Waals surface area contributed by atoms with Crippen LogP contribution in [-0.2, 0) is 14.8 Å². The quantitative estimate of drug-likeness (QED) is 0.940. The van der Waals surface area contributed by atoms with Crippen molar-refractivity contribution in [3.05, 3.63) is 48.0 Å². The van der Waals surface area contributed by atoms with Crippen molar-refractivity contribution in [2.24, 2.45) is 5.92 Å². The van der Waals surface area contributed by atoms with Crippen LogP contribution in [0.4, 0.5) is 0 Å². The van der Waals surface area contributed by atoms with E-state index >= 15 is 0 Å². The van der Waals surface area contributed by atoms with Gasteiger partial charge in [-0.15, -0.1) is 0 Å². The molecule has 1 fully saturated rings. The minimum absolute atomic E-state index is 0.126. The molecule has 1 aliphatic carbocycles. The third-order valence-corrected chi connectivity index (χ3v) is 4.19. The normalized spacial score (nSPS) is 21.6. The van der Waals surface area contributed by atoms with Crippen molar-refractivity contribution in [2.45, 2.75) is 12.3 Å². The predicted octanol–water partition coefficient (Wildman–Crippen LogP) is 2.02. The third-order valence-electron chi connectivity index (χ3n) is 3.61. The highest BCUT2D eigenvalue weighted by Gasteiger charge is 2.44. The molecule has 2 aromatic rings. The first kappa shape index (κ1) is 13.1. The van der Waals surface area contributed by atoms with E-state index in [0.29, 0.717) is 6.42 Å². The summed E-state index contributed by atoms with van der Waals surface area (Å²) < 4.78 is 24.2. The number of fused-ring (bicyclic) bond motifs is 1. The number of benzene rings is 2. The Hall–Kier alpha value is -1.88. The van der Waals surface area contributed by atoms with Crippen molar-refractivity contribution in [2.75, 3.05) is 6.26 Å². The highest BCUT2D eigenvalue weighted by Crippen LogP contribution is 2.48. The number of amides is 1. The van der Waals surface area contributed by atoms with Gasteiger partial charge in [-0.1, -0.05) is 42.5 Å². The van der Waals surface area contributed by atoms with Gasteiger partial charge < -0.3 is 0 Å².